The molecular weight excluding hydrogens is 334 g/mol. The van der Waals surface area contributed by atoms with E-state index in [1.165, 1.54) is 7.11 Å². The molecule has 1 atom stereocenters. The van der Waals surface area contributed by atoms with Crippen molar-refractivity contribution < 1.29 is 23.9 Å². The number of ether oxygens (including phenoxy) is 2. The molecule has 0 saturated carbocycles. The fourth-order valence-electron chi connectivity index (χ4n) is 2.44. The number of amides is 1. The highest BCUT2D eigenvalue weighted by atomic mass is 16.5. The minimum atomic E-state index is -0.831. The van der Waals surface area contributed by atoms with E-state index in [4.69, 9.17) is 9.47 Å². The molecule has 6 heteroatoms. The Balaban J connectivity index is 2.37. The van der Waals surface area contributed by atoms with Gasteiger partial charge in [0, 0.05) is 12.8 Å². The van der Waals surface area contributed by atoms with Crippen LogP contribution in [0.4, 0.5) is 0 Å². The summed E-state index contributed by atoms with van der Waals surface area (Å²) in [7, 11) is 1.26. The molecule has 0 unspecified atom stereocenters. The summed E-state index contributed by atoms with van der Waals surface area (Å²) in [5.41, 5.74) is 0.894. The van der Waals surface area contributed by atoms with Crippen molar-refractivity contribution in [3.05, 3.63) is 35.9 Å². The van der Waals surface area contributed by atoms with Crippen LogP contribution in [0.2, 0.25) is 0 Å². The van der Waals surface area contributed by atoms with Gasteiger partial charge in [-0.1, -0.05) is 56.5 Å². The summed E-state index contributed by atoms with van der Waals surface area (Å²) in [6, 6.07) is 8.52. The molecule has 1 rings (SSSR count). The fraction of sp³-hybridized carbons (Fsp3) is 0.550. The van der Waals surface area contributed by atoms with E-state index in [1.54, 1.807) is 0 Å². The molecule has 0 aliphatic heterocycles. The second-order valence-corrected chi connectivity index (χ2v) is 6.14. The number of hydrogen-bond acceptors (Lipinski definition) is 5. The van der Waals surface area contributed by atoms with Crippen molar-refractivity contribution in [2.75, 3.05) is 7.11 Å². The number of carbonyl (C=O) groups excluding carboxylic acids is 3. The van der Waals surface area contributed by atoms with E-state index < -0.39 is 18.0 Å². The lowest BCUT2D eigenvalue weighted by Crippen LogP contribution is -2.41. The molecule has 1 N–H and O–H groups in total. The Labute approximate surface area is 155 Å². The standard InChI is InChI=1S/C20H29NO5/c1-3-4-5-9-12-18(22)21-17(20(24)25-2)13-14-19(23)26-15-16-10-7-6-8-11-16/h6-8,10-11,17H,3-5,9,12-15H2,1-2H3,(H,21,22)/t17-/m1/s1. The summed E-state index contributed by atoms with van der Waals surface area (Å²) < 4.78 is 9.90. The van der Waals surface area contributed by atoms with Crippen molar-refractivity contribution in [3.8, 4) is 0 Å². The van der Waals surface area contributed by atoms with Crippen molar-refractivity contribution >= 4 is 17.8 Å². The number of carbonyl (C=O) groups is 3. The first-order chi connectivity index (χ1) is 12.6. The molecule has 0 fully saturated rings. The van der Waals surface area contributed by atoms with Gasteiger partial charge in [0.2, 0.25) is 5.91 Å². The van der Waals surface area contributed by atoms with Crippen LogP contribution in [0.3, 0.4) is 0 Å². The predicted octanol–water partition coefficient (Wildman–Crippen LogP) is 3.14. The summed E-state index contributed by atoms with van der Waals surface area (Å²) in [5.74, 6) is -1.17. The molecule has 26 heavy (non-hydrogen) atoms. The maximum Gasteiger partial charge on any atom is 0.328 e. The van der Waals surface area contributed by atoms with Crippen molar-refractivity contribution in [1.82, 2.24) is 5.32 Å². The number of methoxy groups -OCH3 is 1. The first kappa shape index (κ1) is 21.7. The molecular formula is C20H29NO5. The maximum absolute atomic E-state index is 12.0. The normalized spacial score (nSPS) is 11.5. The number of hydrogen-bond donors (Lipinski definition) is 1. The van der Waals surface area contributed by atoms with E-state index in [9.17, 15) is 14.4 Å². The van der Waals surface area contributed by atoms with Gasteiger partial charge >= 0.3 is 11.9 Å². The highest BCUT2D eigenvalue weighted by Gasteiger charge is 2.22. The van der Waals surface area contributed by atoms with Crippen LogP contribution in [0.15, 0.2) is 30.3 Å². The number of rotatable bonds is 12. The Kier molecular flexibility index (Phi) is 10.8. The van der Waals surface area contributed by atoms with Gasteiger partial charge in [-0.3, -0.25) is 9.59 Å². The van der Waals surface area contributed by atoms with Crippen LogP contribution in [-0.4, -0.2) is 31.0 Å². The smallest absolute Gasteiger partial charge is 0.328 e. The van der Waals surface area contributed by atoms with Gasteiger partial charge in [0.1, 0.15) is 12.6 Å². The Bertz CT molecular complexity index is 559. The van der Waals surface area contributed by atoms with Crippen LogP contribution >= 0.6 is 0 Å². The van der Waals surface area contributed by atoms with E-state index in [2.05, 4.69) is 12.2 Å². The van der Waals surface area contributed by atoms with Crippen LogP contribution in [0, 0.1) is 0 Å². The van der Waals surface area contributed by atoms with Gasteiger partial charge in [0.05, 0.1) is 7.11 Å². The topological polar surface area (TPSA) is 81.7 Å². The molecule has 0 aliphatic carbocycles. The van der Waals surface area contributed by atoms with Crippen molar-refractivity contribution in [2.45, 2.75) is 64.5 Å². The lowest BCUT2D eigenvalue weighted by atomic mass is 10.1. The zero-order chi connectivity index (χ0) is 19.2. The molecule has 1 aromatic carbocycles. The Morgan fingerprint density at radius 1 is 1.04 bits per heavy atom. The lowest BCUT2D eigenvalue weighted by Gasteiger charge is -2.16. The number of nitrogens with one attached hydrogen (secondary N) is 1. The van der Waals surface area contributed by atoms with Crippen LogP contribution in [0.25, 0.3) is 0 Å². The highest BCUT2D eigenvalue weighted by Crippen LogP contribution is 2.07. The van der Waals surface area contributed by atoms with Gasteiger partial charge in [-0.15, -0.1) is 0 Å². The molecule has 0 bridgehead atoms. The average molecular weight is 363 g/mol. The van der Waals surface area contributed by atoms with E-state index in [1.807, 2.05) is 30.3 Å². The molecule has 0 radical (unpaired) electrons. The molecule has 144 valence electrons. The second-order valence-electron chi connectivity index (χ2n) is 6.14. The van der Waals surface area contributed by atoms with Crippen molar-refractivity contribution in [3.63, 3.8) is 0 Å². The zero-order valence-electron chi connectivity index (χ0n) is 15.7. The van der Waals surface area contributed by atoms with Crippen LogP contribution in [0.5, 0.6) is 0 Å². The lowest BCUT2D eigenvalue weighted by molar-refractivity contribution is -0.147. The minimum absolute atomic E-state index is 0.0305. The zero-order valence-corrected chi connectivity index (χ0v) is 15.7. The molecule has 6 nitrogen and oxygen atoms in total. The highest BCUT2D eigenvalue weighted by molar-refractivity contribution is 5.84. The Hall–Kier alpha value is -2.37. The molecule has 0 spiro atoms. The molecule has 1 amide bonds. The molecule has 0 saturated heterocycles. The summed E-state index contributed by atoms with van der Waals surface area (Å²) in [4.78, 5) is 35.7. The number of benzene rings is 1. The molecule has 1 aromatic rings. The predicted molar refractivity (Wildman–Crippen MR) is 98.2 cm³/mol. The first-order valence-corrected chi connectivity index (χ1v) is 9.13. The van der Waals surface area contributed by atoms with Crippen LogP contribution in [-0.2, 0) is 30.5 Å². The third kappa shape index (κ3) is 9.20. The van der Waals surface area contributed by atoms with E-state index in [-0.39, 0.29) is 25.4 Å². The van der Waals surface area contributed by atoms with Crippen LogP contribution < -0.4 is 5.32 Å². The maximum atomic E-state index is 12.0. The van der Waals surface area contributed by atoms with Gasteiger partial charge in [0.25, 0.3) is 0 Å². The van der Waals surface area contributed by atoms with Crippen LogP contribution in [0.1, 0.15) is 57.4 Å². The van der Waals surface area contributed by atoms with E-state index >= 15 is 0 Å². The molecule has 0 aliphatic rings. The Morgan fingerprint density at radius 3 is 2.42 bits per heavy atom. The summed E-state index contributed by atoms with van der Waals surface area (Å²) >= 11 is 0. The second kappa shape index (κ2) is 12.9. The van der Waals surface area contributed by atoms with Gasteiger partial charge in [0.15, 0.2) is 0 Å². The average Bonchev–Trinajstić information content (AvgIpc) is 2.67. The molecule has 0 aromatic heterocycles. The van der Waals surface area contributed by atoms with E-state index in [0.717, 1.165) is 31.2 Å². The van der Waals surface area contributed by atoms with Crippen molar-refractivity contribution in [2.24, 2.45) is 0 Å². The minimum Gasteiger partial charge on any atom is -0.467 e. The monoisotopic (exact) mass is 363 g/mol. The van der Waals surface area contributed by atoms with Gasteiger partial charge in [-0.2, -0.15) is 0 Å². The van der Waals surface area contributed by atoms with Crippen molar-refractivity contribution in [1.29, 1.82) is 0 Å². The third-order valence-corrected chi connectivity index (χ3v) is 3.96. The SMILES string of the molecule is CCCCCCC(=O)N[C@H](CCC(=O)OCc1ccccc1)C(=O)OC. The van der Waals surface area contributed by atoms with Gasteiger partial charge < -0.3 is 14.8 Å². The largest absolute Gasteiger partial charge is 0.467 e. The summed E-state index contributed by atoms with van der Waals surface area (Å²) in [6.07, 6.45) is 4.50. The summed E-state index contributed by atoms with van der Waals surface area (Å²) in [5, 5.41) is 2.65. The first-order valence-electron chi connectivity index (χ1n) is 9.13. The number of esters is 2. The number of unbranched alkanes of at least 4 members (excludes halogenated alkanes) is 3. The fourth-order valence-corrected chi connectivity index (χ4v) is 2.44. The molecule has 0 heterocycles. The van der Waals surface area contributed by atoms with E-state index in [0.29, 0.717) is 6.42 Å². The summed E-state index contributed by atoms with van der Waals surface area (Å²) in [6.45, 7) is 2.29. The van der Waals surface area contributed by atoms with Gasteiger partial charge in [-0.25, -0.2) is 4.79 Å². The quantitative estimate of drug-likeness (QED) is 0.456. The van der Waals surface area contributed by atoms with Gasteiger partial charge in [-0.05, 0) is 18.4 Å². The Morgan fingerprint density at radius 2 is 1.77 bits per heavy atom. The third-order valence-electron chi connectivity index (χ3n) is 3.96.